The van der Waals surface area contributed by atoms with Crippen LogP contribution in [0.4, 0.5) is 0 Å². The van der Waals surface area contributed by atoms with Crippen LogP contribution >= 0.6 is 0 Å². The first kappa shape index (κ1) is 12.3. The largest absolute Gasteiger partial charge is 0.374 e. The maximum absolute atomic E-state index is 12.0. The zero-order valence-electron chi connectivity index (χ0n) is 10.1. The second-order valence-corrected chi connectivity index (χ2v) is 4.57. The Kier molecular flexibility index (Phi) is 3.96. The summed E-state index contributed by atoms with van der Waals surface area (Å²) >= 11 is 0. The molecule has 2 aliphatic heterocycles. The summed E-state index contributed by atoms with van der Waals surface area (Å²) in [5.74, 6) is -0.0580. The van der Waals surface area contributed by atoms with Gasteiger partial charge in [-0.3, -0.25) is 9.59 Å². The molecule has 2 saturated heterocycles. The third-order valence-electron chi connectivity index (χ3n) is 3.15. The SMILES string of the molecule is CN(CC1CNCCO1)C(=O)[C@@H]1CCC(=O)N1. The average molecular weight is 241 g/mol. The number of morpholine rings is 1. The van der Waals surface area contributed by atoms with Crippen molar-refractivity contribution in [3.05, 3.63) is 0 Å². The van der Waals surface area contributed by atoms with Crippen molar-refractivity contribution in [2.75, 3.05) is 33.3 Å². The second kappa shape index (κ2) is 5.46. The van der Waals surface area contributed by atoms with Crippen molar-refractivity contribution in [2.45, 2.75) is 25.0 Å². The summed E-state index contributed by atoms with van der Waals surface area (Å²) in [6.07, 6.45) is 1.10. The maximum Gasteiger partial charge on any atom is 0.244 e. The number of hydrogen-bond acceptors (Lipinski definition) is 4. The third kappa shape index (κ3) is 3.17. The lowest BCUT2D eigenvalue weighted by Crippen LogP contribution is -2.49. The van der Waals surface area contributed by atoms with Crippen molar-refractivity contribution in [1.82, 2.24) is 15.5 Å². The molecular formula is C11H19N3O3. The number of nitrogens with one attached hydrogen (secondary N) is 2. The van der Waals surface area contributed by atoms with Gasteiger partial charge in [0.15, 0.2) is 0 Å². The van der Waals surface area contributed by atoms with E-state index in [1.165, 1.54) is 0 Å². The fourth-order valence-corrected chi connectivity index (χ4v) is 2.20. The van der Waals surface area contributed by atoms with E-state index in [0.29, 0.717) is 26.0 Å². The number of ether oxygens (including phenoxy) is 1. The Labute approximate surface area is 101 Å². The molecule has 0 aromatic heterocycles. The van der Waals surface area contributed by atoms with Gasteiger partial charge in [-0.1, -0.05) is 0 Å². The molecule has 0 aromatic rings. The zero-order valence-corrected chi connectivity index (χ0v) is 10.1. The molecule has 0 aromatic carbocycles. The molecule has 0 bridgehead atoms. The summed E-state index contributed by atoms with van der Waals surface area (Å²) in [6, 6.07) is -0.343. The molecule has 2 atom stereocenters. The highest BCUT2D eigenvalue weighted by molar-refractivity contribution is 5.90. The first-order valence-corrected chi connectivity index (χ1v) is 6.03. The van der Waals surface area contributed by atoms with E-state index in [4.69, 9.17) is 4.74 Å². The lowest BCUT2D eigenvalue weighted by atomic mass is 10.2. The van der Waals surface area contributed by atoms with E-state index in [9.17, 15) is 9.59 Å². The van der Waals surface area contributed by atoms with Crippen molar-refractivity contribution in [3.63, 3.8) is 0 Å². The summed E-state index contributed by atoms with van der Waals surface area (Å²) in [5.41, 5.74) is 0. The standard InChI is InChI=1S/C11H19N3O3/c1-14(7-8-6-12-4-5-17-8)11(16)9-2-3-10(15)13-9/h8-9,12H,2-7H2,1H3,(H,13,15)/t8?,9-/m0/s1. The molecule has 0 spiro atoms. The first-order valence-electron chi connectivity index (χ1n) is 6.03. The van der Waals surface area contributed by atoms with Crippen LogP contribution in [-0.2, 0) is 14.3 Å². The number of nitrogens with zero attached hydrogens (tertiary/aromatic N) is 1. The molecule has 96 valence electrons. The average Bonchev–Trinajstić information content (AvgIpc) is 2.76. The monoisotopic (exact) mass is 241 g/mol. The van der Waals surface area contributed by atoms with E-state index in [-0.39, 0.29) is 24.0 Å². The first-order chi connectivity index (χ1) is 8.16. The van der Waals surface area contributed by atoms with Crippen LogP contribution < -0.4 is 10.6 Å². The van der Waals surface area contributed by atoms with Gasteiger partial charge >= 0.3 is 0 Å². The van der Waals surface area contributed by atoms with Gasteiger partial charge in [0.25, 0.3) is 0 Å². The molecule has 2 aliphatic rings. The summed E-state index contributed by atoms with van der Waals surface area (Å²) in [5, 5.41) is 5.91. The van der Waals surface area contributed by atoms with Crippen LogP contribution in [-0.4, -0.2) is 62.1 Å². The number of rotatable bonds is 3. The van der Waals surface area contributed by atoms with Crippen molar-refractivity contribution in [1.29, 1.82) is 0 Å². The van der Waals surface area contributed by atoms with Gasteiger partial charge in [0, 0.05) is 33.1 Å². The Hall–Kier alpha value is -1.14. The van der Waals surface area contributed by atoms with Crippen LogP contribution in [0.2, 0.25) is 0 Å². The predicted octanol–water partition coefficient (Wildman–Crippen LogP) is -1.29. The van der Waals surface area contributed by atoms with Crippen LogP contribution in [0.15, 0.2) is 0 Å². The van der Waals surface area contributed by atoms with E-state index < -0.39 is 0 Å². The maximum atomic E-state index is 12.0. The minimum absolute atomic E-state index is 0.0231. The Morgan fingerprint density at radius 2 is 2.41 bits per heavy atom. The van der Waals surface area contributed by atoms with Crippen molar-refractivity contribution < 1.29 is 14.3 Å². The van der Waals surface area contributed by atoms with Gasteiger partial charge in [-0.15, -0.1) is 0 Å². The summed E-state index contributed by atoms with van der Waals surface area (Å²) in [7, 11) is 1.75. The molecule has 2 rings (SSSR count). The molecule has 6 heteroatoms. The van der Waals surface area contributed by atoms with Crippen LogP contribution in [0.5, 0.6) is 0 Å². The smallest absolute Gasteiger partial charge is 0.244 e. The van der Waals surface area contributed by atoms with E-state index in [2.05, 4.69) is 10.6 Å². The van der Waals surface area contributed by atoms with Gasteiger partial charge in [0.05, 0.1) is 12.7 Å². The second-order valence-electron chi connectivity index (χ2n) is 4.57. The molecule has 2 fully saturated rings. The van der Waals surface area contributed by atoms with Crippen LogP contribution in [0.3, 0.4) is 0 Å². The number of amides is 2. The highest BCUT2D eigenvalue weighted by atomic mass is 16.5. The molecular weight excluding hydrogens is 222 g/mol. The van der Waals surface area contributed by atoms with E-state index in [1.807, 2.05) is 0 Å². The summed E-state index contributed by atoms with van der Waals surface area (Å²) in [4.78, 5) is 24.7. The van der Waals surface area contributed by atoms with Crippen molar-refractivity contribution in [3.8, 4) is 0 Å². The Morgan fingerprint density at radius 1 is 1.59 bits per heavy atom. The van der Waals surface area contributed by atoms with E-state index in [0.717, 1.165) is 13.1 Å². The van der Waals surface area contributed by atoms with Gasteiger partial charge in [-0.05, 0) is 6.42 Å². The van der Waals surface area contributed by atoms with Gasteiger partial charge < -0.3 is 20.3 Å². The molecule has 2 amide bonds. The molecule has 2 N–H and O–H groups in total. The Morgan fingerprint density at radius 3 is 3.00 bits per heavy atom. The van der Waals surface area contributed by atoms with E-state index >= 15 is 0 Å². The fraction of sp³-hybridized carbons (Fsp3) is 0.818. The number of hydrogen-bond donors (Lipinski definition) is 2. The van der Waals surface area contributed by atoms with Gasteiger partial charge in [-0.25, -0.2) is 0 Å². The fourth-order valence-electron chi connectivity index (χ4n) is 2.20. The Bertz CT molecular complexity index is 302. The predicted molar refractivity (Wildman–Crippen MR) is 61.4 cm³/mol. The normalized spacial score (nSPS) is 28.9. The molecule has 1 unspecified atom stereocenters. The number of carbonyl (C=O) groups is 2. The Balaban J connectivity index is 1.80. The molecule has 0 saturated carbocycles. The van der Waals surface area contributed by atoms with Gasteiger partial charge in [-0.2, -0.15) is 0 Å². The highest BCUT2D eigenvalue weighted by Gasteiger charge is 2.30. The lowest BCUT2D eigenvalue weighted by molar-refractivity contribution is -0.135. The third-order valence-corrected chi connectivity index (χ3v) is 3.15. The van der Waals surface area contributed by atoms with Crippen LogP contribution in [0.25, 0.3) is 0 Å². The number of likely N-dealkylation sites (N-methyl/N-ethyl adjacent to an activating group) is 1. The summed E-state index contributed by atoms with van der Waals surface area (Å²) in [6.45, 7) is 2.90. The minimum atomic E-state index is -0.343. The topological polar surface area (TPSA) is 70.7 Å². The van der Waals surface area contributed by atoms with Crippen molar-refractivity contribution in [2.24, 2.45) is 0 Å². The molecule has 17 heavy (non-hydrogen) atoms. The minimum Gasteiger partial charge on any atom is -0.374 e. The molecule has 0 radical (unpaired) electrons. The quantitative estimate of drug-likeness (QED) is 0.645. The lowest BCUT2D eigenvalue weighted by Gasteiger charge is -2.29. The van der Waals surface area contributed by atoms with Gasteiger partial charge in [0.2, 0.25) is 11.8 Å². The van der Waals surface area contributed by atoms with Crippen LogP contribution in [0.1, 0.15) is 12.8 Å². The zero-order chi connectivity index (χ0) is 12.3. The molecule has 2 heterocycles. The molecule has 0 aliphatic carbocycles. The van der Waals surface area contributed by atoms with Crippen molar-refractivity contribution >= 4 is 11.8 Å². The van der Waals surface area contributed by atoms with Crippen LogP contribution in [0, 0.1) is 0 Å². The summed E-state index contributed by atoms with van der Waals surface area (Å²) < 4.78 is 5.54. The number of carbonyl (C=O) groups excluding carboxylic acids is 2. The van der Waals surface area contributed by atoms with E-state index in [1.54, 1.807) is 11.9 Å². The highest BCUT2D eigenvalue weighted by Crippen LogP contribution is 2.10. The molecule has 6 nitrogen and oxygen atoms in total. The van der Waals surface area contributed by atoms with Gasteiger partial charge in [0.1, 0.15) is 6.04 Å².